The fourth-order valence-corrected chi connectivity index (χ4v) is 4.66. The summed E-state index contributed by atoms with van der Waals surface area (Å²) in [6, 6.07) is 11.4. The van der Waals surface area contributed by atoms with E-state index in [1.165, 1.54) is 23.1 Å². The molecule has 168 valence electrons. The number of rotatable bonds is 6. The summed E-state index contributed by atoms with van der Waals surface area (Å²) in [7, 11) is 0. The molecular formula is C25H27FN2O4. The highest BCUT2D eigenvalue weighted by molar-refractivity contribution is 6.23. The van der Waals surface area contributed by atoms with Gasteiger partial charge >= 0.3 is 0 Å². The molecule has 32 heavy (non-hydrogen) atoms. The van der Waals surface area contributed by atoms with Crippen molar-refractivity contribution in [3.8, 4) is 5.75 Å². The van der Waals surface area contributed by atoms with Crippen LogP contribution in [0, 0.1) is 5.82 Å². The number of carbonyl (C=O) groups excluding carboxylic acids is 3. The van der Waals surface area contributed by atoms with E-state index in [1.807, 2.05) is 6.92 Å². The van der Waals surface area contributed by atoms with Crippen molar-refractivity contribution < 1.29 is 23.5 Å². The van der Waals surface area contributed by atoms with Gasteiger partial charge in [-0.2, -0.15) is 0 Å². The molecule has 0 spiro atoms. The van der Waals surface area contributed by atoms with E-state index in [1.54, 1.807) is 30.3 Å². The van der Waals surface area contributed by atoms with Crippen LogP contribution in [0.15, 0.2) is 48.5 Å². The van der Waals surface area contributed by atoms with Crippen LogP contribution in [0.2, 0.25) is 0 Å². The second-order valence-corrected chi connectivity index (χ2v) is 8.20. The maximum atomic E-state index is 14.4. The smallest absolute Gasteiger partial charge is 0.257 e. The average Bonchev–Trinajstić information content (AvgIpc) is 3.09. The number of halogens is 1. The van der Waals surface area contributed by atoms with Crippen LogP contribution in [0.4, 0.5) is 10.1 Å². The predicted molar refractivity (Wildman–Crippen MR) is 118 cm³/mol. The number of imide groups is 1. The van der Waals surface area contributed by atoms with Gasteiger partial charge in [0.15, 0.2) is 0 Å². The topological polar surface area (TPSA) is 66.9 Å². The highest BCUT2D eigenvalue weighted by atomic mass is 19.1. The van der Waals surface area contributed by atoms with Gasteiger partial charge in [0.05, 0.1) is 24.3 Å². The maximum absolute atomic E-state index is 14.4. The predicted octanol–water partition coefficient (Wildman–Crippen LogP) is 4.33. The Morgan fingerprint density at radius 2 is 1.75 bits per heavy atom. The highest BCUT2D eigenvalue weighted by Gasteiger charge is 2.47. The van der Waals surface area contributed by atoms with Crippen LogP contribution in [-0.4, -0.2) is 41.3 Å². The van der Waals surface area contributed by atoms with Crippen LogP contribution in [0.1, 0.15) is 55.8 Å². The first-order valence-electron chi connectivity index (χ1n) is 11.2. The molecule has 6 nitrogen and oxygen atoms in total. The molecule has 1 saturated heterocycles. The monoisotopic (exact) mass is 438 g/mol. The van der Waals surface area contributed by atoms with Crippen molar-refractivity contribution in [2.45, 2.75) is 57.5 Å². The lowest BCUT2D eigenvalue weighted by Crippen LogP contribution is -2.51. The molecule has 2 fully saturated rings. The second kappa shape index (κ2) is 9.51. The maximum Gasteiger partial charge on any atom is 0.257 e. The molecule has 1 atom stereocenters. The third-order valence-electron chi connectivity index (χ3n) is 6.17. The Hall–Kier alpha value is -3.22. The van der Waals surface area contributed by atoms with Crippen LogP contribution in [0.3, 0.4) is 0 Å². The number of hydrogen-bond donors (Lipinski definition) is 0. The zero-order valence-electron chi connectivity index (χ0n) is 18.1. The number of anilines is 1. The van der Waals surface area contributed by atoms with Gasteiger partial charge in [-0.25, -0.2) is 9.29 Å². The van der Waals surface area contributed by atoms with E-state index in [9.17, 15) is 18.8 Å². The molecule has 1 saturated carbocycles. The van der Waals surface area contributed by atoms with Gasteiger partial charge in [0.25, 0.3) is 11.8 Å². The molecule has 4 rings (SSSR count). The van der Waals surface area contributed by atoms with E-state index in [0.29, 0.717) is 18.0 Å². The van der Waals surface area contributed by atoms with Crippen LogP contribution < -0.4 is 9.64 Å². The van der Waals surface area contributed by atoms with Crippen molar-refractivity contribution in [1.82, 2.24) is 4.90 Å². The molecule has 3 amide bonds. The summed E-state index contributed by atoms with van der Waals surface area (Å²) in [5.41, 5.74) is 0.366. The zero-order valence-corrected chi connectivity index (χ0v) is 18.1. The Morgan fingerprint density at radius 1 is 1.06 bits per heavy atom. The number of carbonyl (C=O) groups is 3. The minimum absolute atomic E-state index is 0.0714. The standard InChI is InChI=1S/C25H27FN2O4/c1-2-32-19-14-12-18(13-15-19)28-23(29)16-22(25(28)31)27(17-8-4-3-5-9-17)24(30)20-10-6-7-11-21(20)26/h6-7,10-15,17,22H,2-5,8-9,16H2,1H3. The molecule has 0 N–H and O–H groups in total. The van der Waals surface area contributed by atoms with E-state index in [2.05, 4.69) is 0 Å². The highest BCUT2D eigenvalue weighted by Crippen LogP contribution is 2.33. The van der Waals surface area contributed by atoms with Crippen LogP contribution in [-0.2, 0) is 9.59 Å². The number of ether oxygens (including phenoxy) is 1. The normalized spacial score (nSPS) is 19.3. The van der Waals surface area contributed by atoms with Gasteiger partial charge in [0.1, 0.15) is 17.6 Å². The Kier molecular flexibility index (Phi) is 6.53. The molecule has 0 bridgehead atoms. The van der Waals surface area contributed by atoms with Crippen molar-refractivity contribution in [1.29, 1.82) is 0 Å². The minimum atomic E-state index is -0.940. The fraction of sp³-hybridized carbons (Fsp3) is 0.400. The van der Waals surface area contributed by atoms with E-state index in [-0.39, 0.29) is 23.9 Å². The molecule has 1 heterocycles. The van der Waals surface area contributed by atoms with Crippen LogP contribution >= 0.6 is 0 Å². The van der Waals surface area contributed by atoms with Crippen molar-refractivity contribution in [2.24, 2.45) is 0 Å². The summed E-state index contributed by atoms with van der Waals surface area (Å²) in [4.78, 5) is 42.4. The lowest BCUT2D eigenvalue weighted by atomic mass is 9.92. The molecule has 2 aromatic carbocycles. The van der Waals surface area contributed by atoms with Crippen molar-refractivity contribution in [2.75, 3.05) is 11.5 Å². The number of nitrogens with zero attached hydrogens (tertiary/aromatic N) is 2. The quantitative estimate of drug-likeness (QED) is 0.630. The molecule has 1 unspecified atom stereocenters. The molecule has 0 aromatic heterocycles. The molecule has 7 heteroatoms. The van der Waals surface area contributed by atoms with Gasteiger partial charge in [-0.3, -0.25) is 14.4 Å². The van der Waals surface area contributed by atoms with Crippen molar-refractivity contribution in [3.63, 3.8) is 0 Å². The Labute approximate surface area is 187 Å². The minimum Gasteiger partial charge on any atom is -0.494 e. The first-order valence-corrected chi connectivity index (χ1v) is 11.2. The Bertz CT molecular complexity index is 1000. The molecule has 0 radical (unpaired) electrons. The second-order valence-electron chi connectivity index (χ2n) is 8.20. The molecule has 1 aliphatic heterocycles. The first kappa shape index (κ1) is 22.0. The summed E-state index contributed by atoms with van der Waals surface area (Å²) in [5, 5.41) is 0. The van der Waals surface area contributed by atoms with Gasteiger partial charge < -0.3 is 9.64 Å². The fourth-order valence-electron chi connectivity index (χ4n) is 4.66. The van der Waals surface area contributed by atoms with E-state index < -0.39 is 23.7 Å². The molecule has 2 aliphatic rings. The third-order valence-corrected chi connectivity index (χ3v) is 6.17. The van der Waals surface area contributed by atoms with Gasteiger partial charge in [-0.15, -0.1) is 0 Å². The molecular weight excluding hydrogens is 411 g/mol. The van der Waals surface area contributed by atoms with Gasteiger partial charge in [0, 0.05) is 6.04 Å². The van der Waals surface area contributed by atoms with Crippen LogP contribution in [0.5, 0.6) is 5.75 Å². The third kappa shape index (κ3) is 4.24. The van der Waals surface area contributed by atoms with E-state index in [0.717, 1.165) is 37.0 Å². The average molecular weight is 438 g/mol. The van der Waals surface area contributed by atoms with Gasteiger partial charge in [-0.1, -0.05) is 31.4 Å². The lowest BCUT2D eigenvalue weighted by Gasteiger charge is -2.37. The summed E-state index contributed by atoms with van der Waals surface area (Å²) in [5.74, 6) is -1.33. The first-order chi connectivity index (χ1) is 15.5. The number of amides is 3. The SMILES string of the molecule is CCOc1ccc(N2C(=O)CC(N(C(=O)c3ccccc3F)C3CCCCC3)C2=O)cc1. The van der Waals surface area contributed by atoms with Gasteiger partial charge in [0.2, 0.25) is 5.91 Å². The van der Waals surface area contributed by atoms with E-state index >= 15 is 0 Å². The number of hydrogen-bond acceptors (Lipinski definition) is 4. The van der Waals surface area contributed by atoms with E-state index in [4.69, 9.17) is 4.74 Å². The van der Waals surface area contributed by atoms with Crippen LogP contribution in [0.25, 0.3) is 0 Å². The summed E-state index contributed by atoms with van der Waals surface area (Å²) >= 11 is 0. The zero-order chi connectivity index (χ0) is 22.7. The lowest BCUT2D eigenvalue weighted by molar-refractivity contribution is -0.123. The Balaban J connectivity index is 1.65. The number of benzene rings is 2. The summed E-state index contributed by atoms with van der Waals surface area (Å²) < 4.78 is 19.9. The van der Waals surface area contributed by atoms with Crippen molar-refractivity contribution >= 4 is 23.4 Å². The summed E-state index contributed by atoms with van der Waals surface area (Å²) in [6.07, 6.45) is 4.30. The van der Waals surface area contributed by atoms with Crippen molar-refractivity contribution in [3.05, 3.63) is 59.9 Å². The molecule has 2 aromatic rings. The largest absolute Gasteiger partial charge is 0.494 e. The Morgan fingerprint density at radius 3 is 2.41 bits per heavy atom. The summed E-state index contributed by atoms with van der Waals surface area (Å²) in [6.45, 7) is 2.38. The van der Waals surface area contributed by atoms with Gasteiger partial charge in [-0.05, 0) is 56.2 Å². The molecule has 1 aliphatic carbocycles.